The summed E-state index contributed by atoms with van der Waals surface area (Å²) in [6.07, 6.45) is 1.64. The lowest BCUT2D eigenvalue weighted by Crippen LogP contribution is -2.34. The minimum Gasteiger partial charge on any atom is -0.298 e. The van der Waals surface area contributed by atoms with Crippen LogP contribution in [0.3, 0.4) is 0 Å². The summed E-state index contributed by atoms with van der Waals surface area (Å²) in [5, 5.41) is 3.98. The van der Waals surface area contributed by atoms with Gasteiger partial charge in [-0.05, 0) is 42.0 Å². The van der Waals surface area contributed by atoms with Crippen molar-refractivity contribution >= 4 is 17.8 Å². The molecule has 0 aliphatic rings. The first kappa shape index (κ1) is 14.9. The number of carbonyl (C=O) groups is 1. The number of nitrogens with one attached hydrogen (secondary N) is 1. The topological polar surface area (TPSA) is 41.5 Å². The molecule has 1 N–H and O–H groups in total. The molecule has 0 atom stereocenters. The van der Waals surface area contributed by atoms with Gasteiger partial charge in [0.1, 0.15) is 5.69 Å². The molecule has 0 saturated carbocycles. The molecule has 0 bridgehead atoms. The second-order valence-corrected chi connectivity index (χ2v) is 5.67. The number of rotatable bonds is 4. The lowest BCUT2D eigenvalue weighted by Gasteiger charge is -2.23. The van der Waals surface area contributed by atoms with Gasteiger partial charge in [-0.25, -0.2) is 5.43 Å². The van der Waals surface area contributed by atoms with Crippen LogP contribution in [0.2, 0.25) is 0 Å². The van der Waals surface area contributed by atoms with Crippen molar-refractivity contribution < 1.29 is 4.79 Å². The maximum absolute atomic E-state index is 11.8. The van der Waals surface area contributed by atoms with Crippen LogP contribution in [0.5, 0.6) is 0 Å². The molecule has 2 aromatic rings. The van der Waals surface area contributed by atoms with Crippen molar-refractivity contribution in [3.05, 3.63) is 65.7 Å². The molecule has 0 fully saturated rings. The highest BCUT2D eigenvalue weighted by molar-refractivity contribution is 5.94. The van der Waals surface area contributed by atoms with Gasteiger partial charge in [-0.2, -0.15) is 5.10 Å². The summed E-state index contributed by atoms with van der Waals surface area (Å²) in [6, 6.07) is 17.1. The first-order valence-corrected chi connectivity index (χ1v) is 6.77. The van der Waals surface area contributed by atoms with Gasteiger partial charge in [0.05, 0.1) is 27.4 Å². The van der Waals surface area contributed by atoms with Gasteiger partial charge in [0.25, 0.3) is 5.91 Å². The van der Waals surface area contributed by atoms with Gasteiger partial charge >= 0.3 is 0 Å². The summed E-state index contributed by atoms with van der Waals surface area (Å²) in [6.45, 7) is 0. The summed E-state index contributed by atoms with van der Waals surface area (Å²) < 4.78 is 0.766. The average molecular weight is 282 g/mol. The molecule has 0 spiro atoms. The van der Waals surface area contributed by atoms with Crippen LogP contribution in [0.15, 0.2) is 59.7 Å². The molecule has 0 aromatic heterocycles. The number of hydrogen-bond donors (Lipinski definition) is 1. The van der Waals surface area contributed by atoms with Gasteiger partial charge < -0.3 is 0 Å². The van der Waals surface area contributed by atoms with E-state index < -0.39 is 0 Å². The van der Waals surface area contributed by atoms with Crippen LogP contribution in [0, 0.1) is 0 Å². The Morgan fingerprint density at radius 2 is 1.62 bits per heavy atom. The highest BCUT2D eigenvalue weighted by Crippen LogP contribution is 2.16. The van der Waals surface area contributed by atoms with Crippen molar-refractivity contribution in [1.29, 1.82) is 0 Å². The minimum absolute atomic E-state index is 0.213. The van der Waals surface area contributed by atoms with Crippen LogP contribution in [0.25, 0.3) is 0 Å². The number of nitrogens with zero attached hydrogens (tertiary/aromatic N) is 2. The summed E-state index contributed by atoms with van der Waals surface area (Å²) in [7, 11) is 6.34. The van der Waals surface area contributed by atoms with Crippen molar-refractivity contribution in [3.63, 3.8) is 0 Å². The fourth-order valence-electron chi connectivity index (χ4n) is 1.83. The number of hydrazone groups is 1. The Morgan fingerprint density at radius 3 is 2.19 bits per heavy atom. The van der Waals surface area contributed by atoms with Gasteiger partial charge in [-0.15, -0.1) is 0 Å². The van der Waals surface area contributed by atoms with Crippen LogP contribution in [0.4, 0.5) is 5.69 Å². The Bertz CT molecular complexity index is 625. The molecular weight excluding hydrogens is 262 g/mol. The van der Waals surface area contributed by atoms with Gasteiger partial charge in [0.2, 0.25) is 0 Å². The summed E-state index contributed by atoms with van der Waals surface area (Å²) in [4.78, 5) is 11.8. The number of carbonyl (C=O) groups excluding carboxylic acids is 1. The van der Waals surface area contributed by atoms with Gasteiger partial charge in [-0.1, -0.05) is 18.2 Å². The maximum Gasteiger partial charge on any atom is 0.271 e. The fourth-order valence-corrected chi connectivity index (χ4v) is 1.83. The van der Waals surface area contributed by atoms with Crippen molar-refractivity contribution in [2.45, 2.75) is 0 Å². The van der Waals surface area contributed by atoms with Crippen molar-refractivity contribution in [2.75, 3.05) is 21.1 Å². The van der Waals surface area contributed by atoms with E-state index in [4.69, 9.17) is 0 Å². The number of amides is 1. The van der Waals surface area contributed by atoms with E-state index in [9.17, 15) is 4.79 Å². The summed E-state index contributed by atoms with van der Waals surface area (Å²) >= 11 is 0. The van der Waals surface area contributed by atoms with Crippen LogP contribution in [0.1, 0.15) is 15.9 Å². The predicted octanol–water partition coefficient (Wildman–Crippen LogP) is 2.65. The molecule has 21 heavy (non-hydrogen) atoms. The summed E-state index contributed by atoms with van der Waals surface area (Å²) in [5.74, 6) is -0.213. The molecule has 2 rings (SSSR count). The molecule has 4 nitrogen and oxygen atoms in total. The van der Waals surface area contributed by atoms with E-state index in [1.165, 1.54) is 5.69 Å². The zero-order valence-corrected chi connectivity index (χ0v) is 12.6. The van der Waals surface area contributed by atoms with Crippen LogP contribution in [-0.4, -0.2) is 33.3 Å². The lowest BCUT2D eigenvalue weighted by atomic mass is 10.2. The molecular formula is C17H20N3O+. The number of hydrogen-bond acceptors (Lipinski definition) is 2. The molecule has 0 radical (unpaired) electrons. The average Bonchev–Trinajstić information content (AvgIpc) is 2.47. The fraction of sp³-hybridized carbons (Fsp3) is 0.176. The SMILES string of the molecule is C[N+](C)(C)c1ccc(/C=N\NC(=O)c2ccccc2)cc1. The molecule has 0 saturated heterocycles. The first-order valence-electron chi connectivity index (χ1n) is 6.77. The van der Waals surface area contributed by atoms with E-state index in [0.29, 0.717) is 5.56 Å². The van der Waals surface area contributed by atoms with Gasteiger partial charge in [-0.3, -0.25) is 9.28 Å². The second-order valence-electron chi connectivity index (χ2n) is 5.67. The predicted molar refractivity (Wildman–Crippen MR) is 87.5 cm³/mol. The molecule has 108 valence electrons. The third kappa shape index (κ3) is 4.26. The molecule has 0 unspecified atom stereocenters. The lowest BCUT2D eigenvalue weighted by molar-refractivity contribution is 0.0955. The Balaban J connectivity index is 1.97. The van der Waals surface area contributed by atoms with E-state index in [0.717, 1.165) is 10.0 Å². The van der Waals surface area contributed by atoms with E-state index in [1.54, 1.807) is 18.3 Å². The van der Waals surface area contributed by atoms with E-state index >= 15 is 0 Å². The Labute approximate surface area is 125 Å². The van der Waals surface area contributed by atoms with Crippen molar-refractivity contribution in [2.24, 2.45) is 5.10 Å². The first-order chi connectivity index (χ1) is 9.97. The van der Waals surface area contributed by atoms with E-state index in [-0.39, 0.29) is 5.91 Å². The highest BCUT2D eigenvalue weighted by Gasteiger charge is 2.10. The molecule has 0 heterocycles. The normalized spacial score (nSPS) is 11.6. The van der Waals surface area contributed by atoms with Crippen molar-refractivity contribution in [3.8, 4) is 0 Å². The number of benzene rings is 2. The third-order valence-electron chi connectivity index (χ3n) is 3.08. The van der Waals surface area contributed by atoms with Gasteiger partial charge in [0, 0.05) is 5.56 Å². The zero-order chi connectivity index (χ0) is 15.3. The van der Waals surface area contributed by atoms with Crippen LogP contribution < -0.4 is 9.91 Å². The molecule has 0 aliphatic heterocycles. The number of quaternary nitrogens is 1. The largest absolute Gasteiger partial charge is 0.298 e. The quantitative estimate of drug-likeness (QED) is 0.523. The molecule has 2 aromatic carbocycles. The van der Waals surface area contributed by atoms with Crippen LogP contribution in [-0.2, 0) is 0 Å². The summed E-state index contributed by atoms with van der Waals surface area (Å²) in [5.41, 5.74) is 5.27. The standard InChI is InChI=1S/C17H19N3O/c1-20(2,3)16-11-9-14(10-12-16)13-18-19-17(21)15-7-5-4-6-8-15/h4-13H,1-3H3/p+1/b18-13-. The molecule has 4 heteroatoms. The van der Waals surface area contributed by atoms with Gasteiger partial charge in [0.15, 0.2) is 0 Å². The van der Waals surface area contributed by atoms with E-state index in [1.807, 2.05) is 30.3 Å². The minimum atomic E-state index is -0.213. The third-order valence-corrected chi connectivity index (χ3v) is 3.08. The van der Waals surface area contributed by atoms with E-state index in [2.05, 4.69) is 43.8 Å². The Kier molecular flexibility index (Phi) is 4.50. The Hall–Kier alpha value is -2.46. The smallest absolute Gasteiger partial charge is 0.271 e. The maximum atomic E-state index is 11.8. The second kappa shape index (κ2) is 6.33. The van der Waals surface area contributed by atoms with Crippen molar-refractivity contribution in [1.82, 2.24) is 9.91 Å². The molecule has 0 aliphatic carbocycles. The zero-order valence-electron chi connectivity index (χ0n) is 12.6. The highest BCUT2D eigenvalue weighted by atomic mass is 16.2. The Morgan fingerprint density at radius 1 is 1.00 bits per heavy atom. The van der Waals surface area contributed by atoms with Crippen LogP contribution >= 0.6 is 0 Å². The molecule has 1 amide bonds. The monoisotopic (exact) mass is 282 g/mol.